The zero-order valence-corrected chi connectivity index (χ0v) is 14.5. The van der Waals surface area contributed by atoms with Gasteiger partial charge in [0, 0.05) is 18.2 Å². The van der Waals surface area contributed by atoms with E-state index in [1.165, 1.54) is 26.4 Å². The minimum absolute atomic E-state index is 0.231. The Morgan fingerprint density at radius 1 is 1.04 bits per heavy atom. The zero-order chi connectivity index (χ0) is 18.9. The highest BCUT2D eigenvalue weighted by Crippen LogP contribution is 2.13. The number of carbonyl (C=O) groups is 3. The van der Waals surface area contributed by atoms with Crippen LogP contribution in [0.2, 0.25) is 0 Å². The van der Waals surface area contributed by atoms with Gasteiger partial charge in [-0.05, 0) is 42.5 Å². The van der Waals surface area contributed by atoms with Crippen molar-refractivity contribution in [2.45, 2.75) is 12.8 Å². The molecule has 136 valence electrons. The van der Waals surface area contributed by atoms with E-state index in [0.29, 0.717) is 29.2 Å². The van der Waals surface area contributed by atoms with Crippen LogP contribution in [0.1, 0.15) is 28.3 Å². The smallest absolute Gasteiger partial charge is 0.337 e. The second-order valence-corrected chi connectivity index (χ2v) is 5.27. The molecule has 0 aliphatic carbocycles. The summed E-state index contributed by atoms with van der Waals surface area (Å²) in [6.45, 7) is 0. The number of benzene rings is 1. The molecule has 7 heteroatoms. The van der Waals surface area contributed by atoms with Crippen molar-refractivity contribution in [1.82, 2.24) is 0 Å². The molecule has 1 aromatic heterocycles. The maximum atomic E-state index is 11.9. The SMILES string of the molecule is COC(=O)CCc1ccc(/C=C/C(=O)Nc2ccc(C(=O)OC)cc2)o1. The van der Waals surface area contributed by atoms with Crippen molar-refractivity contribution in [2.75, 3.05) is 19.5 Å². The first kappa shape index (κ1) is 19.0. The van der Waals surface area contributed by atoms with Crippen molar-refractivity contribution >= 4 is 29.6 Å². The molecule has 0 radical (unpaired) electrons. The van der Waals surface area contributed by atoms with Crippen LogP contribution in [0.3, 0.4) is 0 Å². The number of nitrogens with one attached hydrogen (secondary N) is 1. The van der Waals surface area contributed by atoms with E-state index in [-0.39, 0.29) is 18.3 Å². The molecule has 26 heavy (non-hydrogen) atoms. The van der Waals surface area contributed by atoms with Crippen LogP contribution >= 0.6 is 0 Å². The van der Waals surface area contributed by atoms with E-state index in [1.807, 2.05) is 0 Å². The van der Waals surface area contributed by atoms with E-state index in [2.05, 4.69) is 14.8 Å². The Labute approximate surface area is 150 Å². The number of amides is 1. The predicted octanol–water partition coefficient (Wildman–Crippen LogP) is 2.82. The quantitative estimate of drug-likeness (QED) is 0.605. The largest absolute Gasteiger partial charge is 0.469 e. The molecule has 1 heterocycles. The summed E-state index contributed by atoms with van der Waals surface area (Å²) in [6.07, 6.45) is 3.52. The highest BCUT2D eigenvalue weighted by Gasteiger charge is 2.06. The molecule has 1 aromatic carbocycles. The normalized spacial score (nSPS) is 10.5. The van der Waals surface area contributed by atoms with Crippen LogP contribution in [0.4, 0.5) is 5.69 Å². The molecule has 0 unspecified atom stereocenters. The lowest BCUT2D eigenvalue weighted by Gasteiger charge is -2.03. The van der Waals surface area contributed by atoms with Crippen LogP contribution in [0, 0.1) is 0 Å². The molecular formula is C19H19NO6. The van der Waals surface area contributed by atoms with Crippen molar-refractivity contribution < 1.29 is 28.3 Å². The van der Waals surface area contributed by atoms with Crippen LogP contribution in [0.15, 0.2) is 46.9 Å². The number of anilines is 1. The van der Waals surface area contributed by atoms with Crippen LogP contribution < -0.4 is 5.32 Å². The molecule has 2 aromatic rings. The lowest BCUT2D eigenvalue weighted by atomic mass is 10.2. The summed E-state index contributed by atoms with van der Waals surface area (Å²) in [5, 5.41) is 2.67. The number of hydrogen-bond acceptors (Lipinski definition) is 6. The summed E-state index contributed by atoms with van der Waals surface area (Å²) in [6, 6.07) is 9.79. The highest BCUT2D eigenvalue weighted by molar-refractivity contribution is 6.02. The first-order valence-electron chi connectivity index (χ1n) is 7.85. The van der Waals surface area contributed by atoms with Gasteiger partial charge in [0.15, 0.2) is 0 Å². The molecule has 0 fully saturated rings. The Balaban J connectivity index is 1.88. The number of ether oxygens (including phenoxy) is 2. The second kappa shape index (κ2) is 9.22. The second-order valence-electron chi connectivity index (χ2n) is 5.27. The maximum absolute atomic E-state index is 11.9. The van der Waals surface area contributed by atoms with Crippen molar-refractivity contribution in [3.63, 3.8) is 0 Å². The van der Waals surface area contributed by atoms with E-state index >= 15 is 0 Å². The van der Waals surface area contributed by atoms with Gasteiger partial charge in [-0.15, -0.1) is 0 Å². The van der Waals surface area contributed by atoms with Gasteiger partial charge < -0.3 is 19.2 Å². The topological polar surface area (TPSA) is 94.8 Å². The molecule has 0 atom stereocenters. The van der Waals surface area contributed by atoms with Crippen molar-refractivity contribution in [3.8, 4) is 0 Å². The molecule has 0 saturated heterocycles. The average molecular weight is 357 g/mol. The Morgan fingerprint density at radius 2 is 1.77 bits per heavy atom. The highest BCUT2D eigenvalue weighted by atomic mass is 16.5. The van der Waals surface area contributed by atoms with Crippen molar-refractivity contribution in [1.29, 1.82) is 0 Å². The number of rotatable bonds is 7. The van der Waals surface area contributed by atoms with Crippen LogP contribution in [-0.2, 0) is 25.5 Å². The lowest BCUT2D eigenvalue weighted by molar-refractivity contribution is -0.140. The minimum Gasteiger partial charge on any atom is -0.469 e. The number of aryl methyl sites for hydroxylation is 1. The monoisotopic (exact) mass is 357 g/mol. The number of methoxy groups -OCH3 is 2. The van der Waals surface area contributed by atoms with Gasteiger partial charge in [0.25, 0.3) is 0 Å². The Morgan fingerprint density at radius 3 is 2.42 bits per heavy atom. The summed E-state index contributed by atoms with van der Waals surface area (Å²) in [5.41, 5.74) is 0.946. The van der Waals surface area contributed by atoms with Gasteiger partial charge in [-0.25, -0.2) is 4.79 Å². The van der Waals surface area contributed by atoms with Gasteiger partial charge in [-0.3, -0.25) is 9.59 Å². The molecule has 2 rings (SSSR count). The maximum Gasteiger partial charge on any atom is 0.337 e. The molecule has 0 saturated carbocycles. The van der Waals surface area contributed by atoms with E-state index in [0.717, 1.165) is 0 Å². The molecule has 1 N–H and O–H groups in total. The summed E-state index contributed by atoms with van der Waals surface area (Å²) < 4.78 is 14.7. The van der Waals surface area contributed by atoms with Crippen LogP contribution in [-0.4, -0.2) is 32.1 Å². The predicted molar refractivity (Wildman–Crippen MR) is 94.5 cm³/mol. The summed E-state index contributed by atoms with van der Waals surface area (Å²) in [7, 11) is 2.64. The molecular weight excluding hydrogens is 338 g/mol. The third-order valence-corrected chi connectivity index (χ3v) is 3.46. The zero-order valence-electron chi connectivity index (χ0n) is 14.5. The molecule has 0 aliphatic heterocycles. The first-order chi connectivity index (χ1) is 12.5. The number of carbonyl (C=O) groups excluding carboxylic acids is 3. The third kappa shape index (κ3) is 5.62. The van der Waals surface area contributed by atoms with Gasteiger partial charge >= 0.3 is 11.9 Å². The van der Waals surface area contributed by atoms with Gasteiger partial charge in [-0.1, -0.05) is 0 Å². The van der Waals surface area contributed by atoms with E-state index < -0.39 is 5.97 Å². The van der Waals surface area contributed by atoms with Crippen LogP contribution in [0.25, 0.3) is 6.08 Å². The Bertz CT molecular complexity index is 804. The summed E-state index contributed by atoms with van der Waals surface area (Å²) >= 11 is 0. The minimum atomic E-state index is -0.441. The average Bonchev–Trinajstić information content (AvgIpc) is 3.12. The van der Waals surface area contributed by atoms with Gasteiger partial charge in [0.05, 0.1) is 26.2 Å². The third-order valence-electron chi connectivity index (χ3n) is 3.46. The van der Waals surface area contributed by atoms with Gasteiger partial charge in [0.2, 0.25) is 5.91 Å². The fourth-order valence-corrected chi connectivity index (χ4v) is 2.10. The van der Waals surface area contributed by atoms with Crippen molar-refractivity contribution in [2.24, 2.45) is 0 Å². The fourth-order valence-electron chi connectivity index (χ4n) is 2.10. The fraction of sp³-hybridized carbons (Fsp3) is 0.211. The van der Waals surface area contributed by atoms with E-state index in [1.54, 1.807) is 36.4 Å². The molecule has 0 bridgehead atoms. The molecule has 0 aliphatic rings. The van der Waals surface area contributed by atoms with Gasteiger partial charge in [0.1, 0.15) is 11.5 Å². The van der Waals surface area contributed by atoms with Crippen LogP contribution in [0.5, 0.6) is 0 Å². The number of hydrogen-bond donors (Lipinski definition) is 1. The molecule has 0 spiro atoms. The lowest BCUT2D eigenvalue weighted by Crippen LogP contribution is -2.08. The molecule has 1 amide bonds. The standard InChI is InChI=1S/C19H19NO6/c1-24-18(22)12-10-16-8-7-15(26-16)9-11-17(21)20-14-5-3-13(4-6-14)19(23)25-2/h3-9,11H,10,12H2,1-2H3,(H,20,21)/b11-9+. The Kier molecular flexibility index (Phi) is 6.73. The molecule has 7 nitrogen and oxygen atoms in total. The summed E-state index contributed by atoms with van der Waals surface area (Å²) in [4.78, 5) is 34.4. The number of furan rings is 1. The Hall–Kier alpha value is -3.35. The van der Waals surface area contributed by atoms with Gasteiger partial charge in [-0.2, -0.15) is 0 Å². The summed E-state index contributed by atoms with van der Waals surface area (Å²) in [5.74, 6) is 0.0397. The van der Waals surface area contributed by atoms with E-state index in [9.17, 15) is 14.4 Å². The van der Waals surface area contributed by atoms with E-state index in [4.69, 9.17) is 4.42 Å². The number of esters is 2. The first-order valence-corrected chi connectivity index (χ1v) is 7.85. The van der Waals surface area contributed by atoms with Crippen molar-refractivity contribution in [3.05, 3.63) is 59.6 Å².